The van der Waals surface area contributed by atoms with E-state index in [0.717, 1.165) is 11.7 Å². The maximum Gasteiger partial charge on any atom is 0.330 e. The van der Waals surface area contributed by atoms with E-state index >= 15 is 0 Å². The molecule has 0 spiro atoms. The first-order valence-electron chi connectivity index (χ1n) is 13.2. The zero-order valence-electron chi connectivity index (χ0n) is 23.9. The number of hydrogen-bond donors (Lipinski definition) is 4. The van der Waals surface area contributed by atoms with Crippen LogP contribution >= 0.6 is 0 Å². The van der Waals surface area contributed by atoms with Gasteiger partial charge in [-0.05, 0) is 31.9 Å². The summed E-state index contributed by atoms with van der Waals surface area (Å²) in [5.41, 5.74) is -0.901. The first-order valence-corrected chi connectivity index (χ1v) is 13.2. The second-order valence-corrected chi connectivity index (χ2v) is 8.44. The van der Waals surface area contributed by atoms with Gasteiger partial charge in [0.2, 0.25) is 17.7 Å². The highest BCUT2D eigenvalue weighted by molar-refractivity contribution is 5.97. The van der Waals surface area contributed by atoms with Gasteiger partial charge in [-0.3, -0.25) is 28.8 Å². The first kappa shape index (κ1) is 36.5. The normalized spacial score (nSPS) is 10.9. The maximum absolute atomic E-state index is 12.9. The van der Waals surface area contributed by atoms with E-state index in [4.69, 9.17) is 9.84 Å². The number of carbonyl (C=O) groups excluding carboxylic acids is 5. The van der Waals surface area contributed by atoms with E-state index < -0.39 is 60.2 Å². The van der Waals surface area contributed by atoms with Gasteiger partial charge in [-0.1, -0.05) is 32.8 Å². The molecule has 0 unspecified atom stereocenters. The number of allylic oxidation sites excluding steroid dienone is 1. The molecule has 1 atom stereocenters. The molecular formula is C27H40N4O10. The summed E-state index contributed by atoms with van der Waals surface area (Å²) in [4.78, 5) is 83.0. The van der Waals surface area contributed by atoms with Crippen molar-refractivity contribution in [3.63, 3.8) is 0 Å². The summed E-state index contributed by atoms with van der Waals surface area (Å²) in [6, 6.07) is 1.55. The van der Waals surface area contributed by atoms with Crippen molar-refractivity contribution >= 4 is 41.3 Å². The molecule has 0 bridgehead atoms. The molecule has 4 N–H and O–H groups in total. The highest BCUT2D eigenvalue weighted by Gasteiger charge is 2.22. The van der Waals surface area contributed by atoms with Crippen molar-refractivity contribution < 1.29 is 43.3 Å². The Labute approximate surface area is 238 Å². The molecule has 0 aromatic carbocycles. The molecule has 1 aromatic heterocycles. The Morgan fingerprint density at radius 2 is 1.73 bits per heavy atom. The van der Waals surface area contributed by atoms with E-state index in [1.165, 1.54) is 43.3 Å². The van der Waals surface area contributed by atoms with Crippen LogP contribution in [-0.4, -0.2) is 71.6 Å². The zero-order valence-corrected chi connectivity index (χ0v) is 23.9. The van der Waals surface area contributed by atoms with E-state index in [0.29, 0.717) is 0 Å². The summed E-state index contributed by atoms with van der Waals surface area (Å²) in [7, 11) is 1.16. The number of carboxylic acid groups (broad SMARTS) is 1. The third-order valence-corrected chi connectivity index (χ3v) is 5.13. The Kier molecular flexibility index (Phi) is 19.0. The first-order chi connectivity index (χ1) is 19.5. The molecule has 0 saturated carbocycles. The Balaban J connectivity index is 0.00000373. The number of hydrogen-bond acceptors (Lipinski definition) is 9. The van der Waals surface area contributed by atoms with Crippen LogP contribution in [0.3, 0.4) is 0 Å². The van der Waals surface area contributed by atoms with Gasteiger partial charge < -0.3 is 35.1 Å². The van der Waals surface area contributed by atoms with Crippen LogP contribution in [0.4, 0.5) is 5.69 Å². The second-order valence-electron chi connectivity index (χ2n) is 8.44. The molecule has 0 aliphatic carbocycles. The van der Waals surface area contributed by atoms with Gasteiger partial charge in [-0.2, -0.15) is 0 Å². The van der Waals surface area contributed by atoms with Gasteiger partial charge in [-0.25, -0.2) is 4.79 Å². The Morgan fingerprint density at radius 3 is 2.32 bits per heavy atom. The van der Waals surface area contributed by atoms with Crippen LogP contribution in [0, 0.1) is 0 Å². The fourth-order valence-electron chi connectivity index (χ4n) is 2.82. The predicted octanol–water partition coefficient (Wildman–Crippen LogP) is 1.13. The van der Waals surface area contributed by atoms with Crippen LogP contribution in [0.25, 0.3) is 0 Å². The van der Waals surface area contributed by atoms with E-state index in [2.05, 4.69) is 34.5 Å². The SMILES string of the molecule is CCCC.CCOC(=O)/C=C/CC[C@H](NC(=O)CCC(=O)O)C(=O)Nc1cccn(CC(=O)NCC(=O)OC)c1=O. The van der Waals surface area contributed by atoms with E-state index in [-0.39, 0.29) is 38.1 Å². The van der Waals surface area contributed by atoms with Crippen molar-refractivity contribution in [3.05, 3.63) is 40.8 Å². The smallest absolute Gasteiger partial charge is 0.330 e. The molecule has 0 aliphatic rings. The topological polar surface area (TPSA) is 199 Å². The molecule has 228 valence electrons. The maximum atomic E-state index is 12.9. The number of esters is 2. The number of rotatable bonds is 16. The van der Waals surface area contributed by atoms with Gasteiger partial charge in [-0.15, -0.1) is 0 Å². The molecule has 3 amide bonds. The van der Waals surface area contributed by atoms with Crippen LogP contribution in [0.1, 0.15) is 59.3 Å². The van der Waals surface area contributed by atoms with Crippen molar-refractivity contribution in [1.29, 1.82) is 0 Å². The van der Waals surface area contributed by atoms with Crippen molar-refractivity contribution in [2.45, 2.75) is 71.9 Å². The van der Waals surface area contributed by atoms with Crippen LogP contribution in [0.5, 0.6) is 0 Å². The lowest BCUT2D eigenvalue weighted by Gasteiger charge is -2.18. The molecular weight excluding hydrogens is 540 g/mol. The number of pyridine rings is 1. The molecule has 41 heavy (non-hydrogen) atoms. The van der Waals surface area contributed by atoms with Crippen molar-refractivity contribution in [2.75, 3.05) is 25.6 Å². The number of unbranched alkanes of at least 4 members (excludes halogenated alkanes) is 1. The van der Waals surface area contributed by atoms with Crippen LogP contribution in [-0.2, 0) is 44.8 Å². The lowest BCUT2D eigenvalue weighted by atomic mass is 10.1. The van der Waals surface area contributed by atoms with Gasteiger partial charge in [0.05, 0.1) is 20.1 Å². The quantitative estimate of drug-likeness (QED) is 0.162. The van der Waals surface area contributed by atoms with Crippen LogP contribution in [0.2, 0.25) is 0 Å². The number of nitrogens with one attached hydrogen (secondary N) is 3. The van der Waals surface area contributed by atoms with E-state index in [1.807, 2.05) is 0 Å². The van der Waals surface area contributed by atoms with Gasteiger partial charge in [0.1, 0.15) is 24.8 Å². The second kappa shape index (κ2) is 21.3. The highest BCUT2D eigenvalue weighted by Crippen LogP contribution is 2.06. The molecule has 1 rings (SSSR count). The molecule has 0 aliphatic heterocycles. The molecule has 14 heteroatoms. The molecule has 0 saturated heterocycles. The molecule has 1 aromatic rings. The average Bonchev–Trinajstić information content (AvgIpc) is 2.94. The van der Waals surface area contributed by atoms with Crippen LogP contribution in [0.15, 0.2) is 35.3 Å². The molecule has 0 fully saturated rings. The summed E-state index contributed by atoms with van der Waals surface area (Å²) in [5.74, 6) is -4.53. The molecule has 0 radical (unpaired) electrons. The minimum atomic E-state index is -1.19. The van der Waals surface area contributed by atoms with Gasteiger partial charge >= 0.3 is 17.9 Å². The number of carboxylic acids is 1. The standard InChI is InChI=1S/C23H30N4O10.C4H10/c1-3-37-20(32)9-5-4-7-15(25-17(28)10-11-19(30)31)22(34)26-16-8-6-12-27(23(16)35)14-18(29)24-13-21(33)36-2;1-3-4-2/h5-6,8-9,12,15H,3-4,7,10-11,13-14H2,1-2H3,(H,24,29)(H,25,28)(H,26,34)(H,30,31);3-4H2,1-2H3/b9-5+;/t15-;/m0./s1. The molecule has 1 heterocycles. The number of aromatic nitrogens is 1. The van der Waals surface area contributed by atoms with Crippen molar-refractivity contribution in [3.8, 4) is 0 Å². The Hall–Kier alpha value is -4.49. The Morgan fingerprint density at radius 1 is 1.05 bits per heavy atom. The Bertz CT molecular complexity index is 1110. The predicted molar refractivity (Wildman–Crippen MR) is 149 cm³/mol. The zero-order chi connectivity index (χ0) is 31.2. The highest BCUT2D eigenvalue weighted by atomic mass is 16.5. The van der Waals surface area contributed by atoms with Gasteiger partial charge in [0.25, 0.3) is 5.56 Å². The fourth-order valence-corrected chi connectivity index (χ4v) is 2.82. The lowest BCUT2D eigenvalue weighted by molar-refractivity contribution is -0.141. The molecule has 14 nitrogen and oxygen atoms in total. The van der Waals surface area contributed by atoms with E-state index in [9.17, 15) is 33.6 Å². The summed E-state index contributed by atoms with van der Waals surface area (Å²) in [5, 5.41) is 15.9. The van der Waals surface area contributed by atoms with Gasteiger partial charge in [0, 0.05) is 18.7 Å². The summed E-state index contributed by atoms with van der Waals surface area (Å²) in [6.07, 6.45) is 5.96. The minimum absolute atomic E-state index is 0.0253. The summed E-state index contributed by atoms with van der Waals surface area (Å²) >= 11 is 0. The average molecular weight is 581 g/mol. The van der Waals surface area contributed by atoms with Crippen LogP contribution < -0.4 is 21.5 Å². The summed E-state index contributed by atoms with van der Waals surface area (Å²) in [6.45, 7) is 5.38. The number of aliphatic carboxylic acids is 1. The number of anilines is 1. The van der Waals surface area contributed by atoms with Gasteiger partial charge in [0.15, 0.2) is 0 Å². The monoisotopic (exact) mass is 580 g/mol. The van der Waals surface area contributed by atoms with E-state index in [1.54, 1.807) is 6.92 Å². The number of amides is 3. The summed E-state index contributed by atoms with van der Waals surface area (Å²) < 4.78 is 10.2. The minimum Gasteiger partial charge on any atom is -0.481 e. The number of carbonyl (C=O) groups is 6. The number of methoxy groups -OCH3 is 1. The third-order valence-electron chi connectivity index (χ3n) is 5.13. The van der Waals surface area contributed by atoms with Crippen molar-refractivity contribution in [1.82, 2.24) is 15.2 Å². The fraction of sp³-hybridized carbons (Fsp3) is 0.519. The third kappa shape index (κ3) is 16.9. The van der Waals surface area contributed by atoms with Crippen molar-refractivity contribution in [2.24, 2.45) is 0 Å². The number of nitrogens with zero attached hydrogens (tertiary/aromatic N) is 1. The lowest BCUT2D eigenvalue weighted by Crippen LogP contribution is -2.44. The largest absolute Gasteiger partial charge is 0.481 e. The number of ether oxygens (including phenoxy) is 2.